The Morgan fingerprint density at radius 1 is 1.11 bits per heavy atom. The number of carbonyl (C=O) groups is 1. The van der Waals surface area contributed by atoms with Crippen LogP contribution in [0.2, 0.25) is 0 Å². The number of hydrogen-bond donors (Lipinski definition) is 2. The van der Waals surface area contributed by atoms with Gasteiger partial charge in [-0.1, -0.05) is 0 Å². The highest BCUT2D eigenvalue weighted by Gasteiger charge is 2.17. The number of carbonyl (C=O) groups excluding carboxylic acids is 1. The molecule has 2 heterocycles. The summed E-state index contributed by atoms with van der Waals surface area (Å²) in [6.07, 6.45) is 8.02. The fourth-order valence-electron chi connectivity index (χ4n) is 2.91. The van der Waals surface area contributed by atoms with E-state index in [2.05, 4.69) is 10.6 Å². The van der Waals surface area contributed by atoms with Crippen LogP contribution in [0.15, 0.2) is 0 Å². The molecule has 2 rings (SSSR count). The van der Waals surface area contributed by atoms with Crippen LogP contribution >= 0.6 is 0 Å². The Hall–Kier alpha value is -0.610. The van der Waals surface area contributed by atoms with E-state index in [9.17, 15) is 4.79 Å². The summed E-state index contributed by atoms with van der Waals surface area (Å²) in [4.78, 5) is 14.0. The lowest BCUT2D eigenvalue weighted by atomic mass is 10.1. The molecule has 2 N–H and O–H groups in total. The van der Waals surface area contributed by atoms with Crippen LogP contribution in [0.25, 0.3) is 0 Å². The molecule has 0 aliphatic carbocycles. The number of amides is 1. The summed E-state index contributed by atoms with van der Waals surface area (Å²) in [5.41, 5.74) is 0. The van der Waals surface area contributed by atoms with Gasteiger partial charge >= 0.3 is 0 Å². The molecule has 2 saturated heterocycles. The average Bonchev–Trinajstić information content (AvgIpc) is 2.68. The molecule has 0 saturated carbocycles. The molecule has 1 atom stereocenters. The van der Waals surface area contributed by atoms with Crippen LogP contribution in [0.3, 0.4) is 0 Å². The second-order valence-electron chi connectivity index (χ2n) is 5.52. The minimum absolute atomic E-state index is 0.342. The van der Waals surface area contributed by atoms with Crippen molar-refractivity contribution in [3.8, 4) is 0 Å². The largest absolute Gasteiger partial charge is 0.343 e. The Bertz CT molecular complexity index is 243. The van der Waals surface area contributed by atoms with Crippen molar-refractivity contribution in [1.82, 2.24) is 15.5 Å². The van der Waals surface area contributed by atoms with Crippen LogP contribution in [0, 0.1) is 0 Å². The van der Waals surface area contributed by atoms with Crippen molar-refractivity contribution in [2.75, 3.05) is 32.7 Å². The number of nitrogens with zero attached hydrogens (tertiary/aromatic N) is 1. The van der Waals surface area contributed by atoms with Crippen molar-refractivity contribution < 1.29 is 4.79 Å². The van der Waals surface area contributed by atoms with Gasteiger partial charge in [0.15, 0.2) is 0 Å². The standard InChI is InChI=1S/C14H27N3O/c18-14(17-11-2-1-3-12-17)7-10-16-13-5-4-8-15-9-6-13/h13,15-16H,1-12H2. The SMILES string of the molecule is O=C(CCNC1CCCNCC1)N1CCCCC1. The zero-order chi connectivity index (χ0) is 12.6. The predicted molar refractivity (Wildman–Crippen MR) is 73.6 cm³/mol. The molecule has 4 nitrogen and oxygen atoms in total. The number of rotatable bonds is 4. The maximum Gasteiger partial charge on any atom is 0.223 e. The van der Waals surface area contributed by atoms with Crippen molar-refractivity contribution in [1.29, 1.82) is 0 Å². The second-order valence-corrected chi connectivity index (χ2v) is 5.52. The van der Waals surface area contributed by atoms with Crippen LogP contribution in [-0.4, -0.2) is 49.6 Å². The summed E-state index contributed by atoms with van der Waals surface area (Å²) < 4.78 is 0. The van der Waals surface area contributed by atoms with Gasteiger partial charge in [0.25, 0.3) is 0 Å². The van der Waals surface area contributed by atoms with Gasteiger partial charge in [0, 0.05) is 32.1 Å². The molecule has 0 aromatic rings. The minimum Gasteiger partial charge on any atom is -0.343 e. The average molecular weight is 253 g/mol. The number of hydrogen-bond acceptors (Lipinski definition) is 3. The van der Waals surface area contributed by atoms with Crippen molar-refractivity contribution in [3.63, 3.8) is 0 Å². The highest BCUT2D eigenvalue weighted by atomic mass is 16.2. The quantitative estimate of drug-likeness (QED) is 0.789. The summed E-state index contributed by atoms with van der Waals surface area (Å²) in [5, 5.41) is 6.96. The van der Waals surface area contributed by atoms with Crippen molar-refractivity contribution >= 4 is 5.91 Å². The van der Waals surface area contributed by atoms with E-state index in [1.165, 1.54) is 38.5 Å². The van der Waals surface area contributed by atoms with Gasteiger partial charge in [-0.05, 0) is 51.6 Å². The van der Waals surface area contributed by atoms with Gasteiger partial charge in [-0.2, -0.15) is 0 Å². The molecule has 18 heavy (non-hydrogen) atoms. The zero-order valence-corrected chi connectivity index (χ0v) is 11.4. The summed E-state index contributed by atoms with van der Waals surface area (Å²) in [5.74, 6) is 0.342. The molecule has 0 aromatic carbocycles. The highest BCUT2D eigenvalue weighted by molar-refractivity contribution is 5.76. The summed E-state index contributed by atoms with van der Waals surface area (Å²) in [6, 6.07) is 0.606. The summed E-state index contributed by atoms with van der Waals surface area (Å²) in [6.45, 7) is 5.06. The monoisotopic (exact) mass is 253 g/mol. The molecular weight excluding hydrogens is 226 g/mol. The Morgan fingerprint density at radius 3 is 2.78 bits per heavy atom. The lowest BCUT2D eigenvalue weighted by Crippen LogP contribution is -2.38. The van der Waals surface area contributed by atoms with Crippen LogP contribution in [0.4, 0.5) is 0 Å². The Labute approximate surface area is 110 Å². The lowest BCUT2D eigenvalue weighted by Gasteiger charge is -2.27. The van der Waals surface area contributed by atoms with Gasteiger partial charge in [-0.15, -0.1) is 0 Å². The Balaban J connectivity index is 1.60. The molecular formula is C14H27N3O. The van der Waals surface area contributed by atoms with Gasteiger partial charge in [-0.25, -0.2) is 0 Å². The van der Waals surface area contributed by atoms with E-state index in [-0.39, 0.29) is 0 Å². The van der Waals surface area contributed by atoms with Crippen LogP contribution in [0.1, 0.15) is 44.9 Å². The normalized spacial score (nSPS) is 25.8. The third-order valence-electron chi connectivity index (χ3n) is 4.06. The number of piperidine rings is 1. The smallest absolute Gasteiger partial charge is 0.223 e. The van der Waals surface area contributed by atoms with E-state index in [1.54, 1.807) is 0 Å². The minimum atomic E-state index is 0.342. The molecule has 1 unspecified atom stereocenters. The maximum atomic E-state index is 12.0. The first-order valence-corrected chi connectivity index (χ1v) is 7.58. The first kappa shape index (κ1) is 13.8. The van der Waals surface area contributed by atoms with Gasteiger partial charge < -0.3 is 15.5 Å². The molecule has 2 aliphatic heterocycles. The van der Waals surface area contributed by atoms with Crippen molar-refractivity contribution in [3.05, 3.63) is 0 Å². The van der Waals surface area contributed by atoms with Crippen molar-refractivity contribution in [2.24, 2.45) is 0 Å². The van der Waals surface area contributed by atoms with E-state index in [0.29, 0.717) is 18.4 Å². The highest BCUT2D eigenvalue weighted by Crippen LogP contribution is 2.10. The topological polar surface area (TPSA) is 44.4 Å². The first-order valence-electron chi connectivity index (χ1n) is 7.58. The fourth-order valence-corrected chi connectivity index (χ4v) is 2.91. The van der Waals surface area contributed by atoms with E-state index in [1.807, 2.05) is 4.90 Å². The second kappa shape index (κ2) is 7.74. The molecule has 0 bridgehead atoms. The van der Waals surface area contributed by atoms with Gasteiger partial charge in [0.05, 0.1) is 0 Å². The van der Waals surface area contributed by atoms with Gasteiger partial charge in [-0.3, -0.25) is 4.79 Å². The van der Waals surface area contributed by atoms with Crippen LogP contribution in [0.5, 0.6) is 0 Å². The van der Waals surface area contributed by atoms with Crippen LogP contribution < -0.4 is 10.6 Å². The van der Waals surface area contributed by atoms with Crippen molar-refractivity contribution in [2.45, 2.75) is 51.0 Å². The third-order valence-corrected chi connectivity index (χ3v) is 4.06. The Morgan fingerprint density at radius 2 is 1.94 bits per heavy atom. The molecule has 1 amide bonds. The van der Waals surface area contributed by atoms with Gasteiger partial charge in [0.2, 0.25) is 5.91 Å². The van der Waals surface area contributed by atoms with Crippen LogP contribution in [-0.2, 0) is 4.79 Å². The molecule has 0 radical (unpaired) electrons. The van der Waals surface area contributed by atoms with E-state index < -0.39 is 0 Å². The van der Waals surface area contributed by atoms with E-state index in [0.717, 1.165) is 32.7 Å². The predicted octanol–water partition coefficient (Wildman–Crippen LogP) is 1.12. The fraction of sp³-hybridized carbons (Fsp3) is 0.929. The number of likely N-dealkylation sites (tertiary alicyclic amines) is 1. The molecule has 2 aliphatic rings. The Kier molecular flexibility index (Phi) is 5.94. The maximum absolute atomic E-state index is 12.0. The zero-order valence-electron chi connectivity index (χ0n) is 11.4. The van der Waals surface area contributed by atoms with E-state index in [4.69, 9.17) is 0 Å². The summed E-state index contributed by atoms with van der Waals surface area (Å²) >= 11 is 0. The lowest BCUT2D eigenvalue weighted by molar-refractivity contribution is -0.132. The van der Waals surface area contributed by atoms with E-state index >= 15 is 0 Å². The first-order chi connectivity index (χ1) is 8.86. The number of nitrogens with one attached hydrogen (secondary N) is 2. The molecule has 104 valence electrons. The molecule has 4 heteroatoms. The molecule has 2 fully saturated rings. The molecule has 0 spiro atoms. The third kappa shape index (κ3) is 4.58. The van der Waals surface area contributed by atoms with Gasteiger partial charge in [0.1, 0.15) is 0 Å². The summed E-state index contributed by atoms with van der Waals surface area (Å²) in [7, 11) is 0. The molecule has 0 aromatic heterocycles.